The van der Waals surface area contributed by atoms with Gasteiger partial charge in [-0.05, 0) is 0 Å². The molecular formula is C2H7KN4O7Y-2. The Kier molecular flexibility index (Phi) is 87.9. The van der Waals surface area contributed by atoms with Crippen molar-refractivity contribution in [3.05, 3.63) is 33.5 Å². The van der Waals surface area contributed by atoms with Crippen LogP contribution in [0.4, 0.5) is 0 Å². The first-order chi connectivity index (χ1) is 5.42. The number of hydrogen-bond acceptors (Lipinski definition) is 6. The maximum atomic E-state index is 8.89. The van der Waals surface area contributed by atoms with Crippen LogP contribution in [-0.2, 0) is 37.5 Å². The fourth-order valence-electron chi connectivity index (χ4n) is 0. The second-order valence-corrected chi connectivity index (χ2v) is 0.702. The van der Waals surface area contributed by atoms with Crippen LogP contribution in [0.25, 0.3) is 6.15 Å². The molecule has 5 N–H and O–H groups in total. The summed E-state index contributed by atoms with van der Waals surface area (Å²) in [6.07, 6.45) is 1.00. The summed E-state index contributed by atoms with van der Waals surface area (Å²) in [6, 6.07) is 0. The van der Waals surface area contributed by atoms with E-state index in [4.69, 9.17) is 36.0 Å². The maximum absolute atomic E-state index is 8.89. The smallest absolute Gasteiger partial charge is 0.693 e. The van der Waals surface area contributed by atoms with E-state index in [2.05, 4.69) is 11.9 Å². The third kappa shape index (κ3) is 348. The van der Waals surface area contributed by atoms with Crippen LogP contribution in [0.5, 0.6) is 0 Å². The van der Waals surface area contributed by atoms with E-state index < -0.39 is 10.2 Å². The second-order valence-electron chi connectivity index (χ2n) is 0.702. The molecule has 11 nitrogen and oxygen atoms in total. The van der Waals surface area contributed by atoms with E-state index in [-0.39, 0.29) is 90.2 Å². The van der Waals surface area contributed by atoms with Crippen LogP contribution in [0.1, 0.15) is 0 Å². The molecule has 83 valence electrons. The van der Waals surface area contributed by atoms with Crippen molar-refractivity contribution in [2.75, 3.05) is 0 Å². The zero-order chi connectivity index (χ0) is 10.6. The van der Waals surface area contributed by atoms with Gasteiger partial charge in [0.05, 0.1) is 0 Å². The number of hydrogen-bond donors (Lipinski definition) is 3. The Hall–Kier alpha value is 0.570. The zero-order valence-electron chi connectivity index (χ0n) is 7.69. The summed E-state index contributed by atoms with van der Waals surface area (Å²) >= 11 is 0. The molecule has 0 rings (SSSR count). The van der Waals surface area contributed by atoms with Gasteiger partial charge >= 0.3 is 51.4 Å². The predicted octanol–water partition coefficient (Wildman–Crippen LogP) is -2.61. The molecule has 0 amide bonds. The Morgan fingerprint density at radius 1 is 1.40 bits per heavy atom. The van der Waals surface area contributed by atoms with Crippen LogP contribution in [0, 0.1) is 32.7 Å². The minimum atomic E-state index is -1.50. The fourth-order valence-corrected chi connectivity index (χ4v) is 0. The van der Waals surface area contributed by atoms with Crippen molar-refractivity contribution in [3.63, 3.8) is 0 Å². The van der Waals surface area contributed by atoms with E-state index in [0.717, 1.165) is 6.40 Å². The number of nitrogens with zero attached hydrogens (tertiary/aromatic N) is 2. The van der Waals surface area contributed by atoms with Gasteiger partial charge in [-0.3, -0.25) is 0 Å². The Balaban J connectivity index is -0.0000000189. The van der Waals surface area contributed by atoms with E-state index in [1.807, 2.05) is 0 Å². The quantitative estimate of drug-likeness (QED) is 0.117. The van der Waals surface area contributed by atoms with Crippen LogP contribution in [0.2, 0.25) is 0 Å². The van der Waals surface area contributed by atoms with Crippen LogP contribution in [0.3, 0.4) is 0 Å². The van der Waals surface area contributed by atoms with Gasteiger partial charge in [0.1, 0.15) is 0 Å². The average Bonchev–Trinajstić information content (AvgIpc) is 1.88. The molecule has 0 aromatic carbocycles. The minimum absolute atomic E-state index is 0. The largest absolute Gasteiger partial charge is 1.00 e. The van der Waals surface area contributed by atoms with Crippen LogP contribution < -0.4 is 51.4 Å². The molecular weight excluding hydrogens is 320 g/mol. The van der Waals surface area contributed by atoms with E-state index in [9.17, 15) is 0 Å². The molecule has 0 fully saturated rings. The van der Waals surface area contributed by atoms with Crippen LogP contribution >= 0.6 is 0 Å². The molecule has 0 aliphatic heterocycles. The van der Waals surface area contributed by atoms with Gasteiger partial charge in [-0.15, -0.1) is 20.2 Å². The van der Waals surface area contributed by atoms with Crippen molar-refractivity contribution in [2.45, 2.75) is 0 Å². The van der Waals surface area contributed by atoms with Gasteiger partial charge in [-0.2, -0.15) is 7.11 Å². The van der Waals surface area contributed by atoms with E-state index in [0.29, 0.717) is 0 Å². The Bertz CT molecular complexity index is 143. The standard InChI is InChI=1S/CH2NO3.CH2NO.K.HNO3.H2N.Y/c1-5-2(3)4;2-1-3;;2-1(3)4;;/h1H2;(H2,2,3);;(H,2,3,4);1H2;/q2*-1;+1;;-1;. The van der Waals surface area contributed by atoms with Gasteiger partial charge < -0.3 is 26.7 Å². The third-order valence-electron chi connectivity index (χ3n) is 0.105. The fraction of sp³-hybridized carbons (Fsp3) is 0. The Morgan fingerprint density at radius 2 is 1.47 bits per heavy atom. The molecule has 0 aliphatic carbocycles. The van der Waals surface area contributed by atoms with Gasteiger partial charge in [0, 0.05) is 32.7 Å². The second kappa shape index (κ2) is 36.5. The van der Waals surface area contributed by atoms with E-state index in [1.165, 1.54) is 0 Å². The van der Waals surface area contributed by atoms with Gasteiger partial charge in [-0.1, -0.05) is 0 Å². The number of aliphatic hydroxyl groups is 1. The molecule has 15 heavy (non-hydrogen) atoms. The van der Waals surface area contributed by atoms with Crippen LogP contribution in [0.15, 0.2) is 0 Å². The van der Waals surface area contributed by atoms with Crippen LogP contribution in [-0.4, -0.2) is 26.9 Å². The number of rotatable bonds is 1. The number of aliphatic hydroxyl groups excluding tert-OH is 1. The zero-order valence-corrected chi connectivity index (χ0v) is 13.7. The molecule has 1 radical (unpaired) electrons. The first kappa shape index (κ1) is 36.1. The normalized spacial score (nSPS) is 4.60. The summed E-state index contributed by atoms with van der Waals surface area (Å²) in [5, 5.41) is 34.0. The third-order valence-corrected chi connectivity index (χ3v) is 0.105. The van der Waals surface area contributed by atoms with E-state index in [1.54, 1.807) is 0 Å². The van der Waals surface area contributed by atoms with Crippen molar-refractivity contribution in [1.82, 2.24) is 0 Å². The Morgan fingerprint density at radius 3 is 1.47 bits per heavy atom. The van der Waals surface area contributed by atoms with Gasteiger partial charge in [0.15, 0.2) is 0 Å². The van der Waals surface area contributed by atoms with Gasteiger partial charge in [-0.25, -0.2) is 6.40 Å². The van der Waals surface area contributed by atoms with Gasteiger partial charge in [0.25, 0.3) is 10.2 Å². The molecule has 0 bridgehead atoms. The summed E-state index contributed by atoms with van der Waals surface area (Å²) in [4.78, 5) is 20.5. The molecule has 0 atom stereocenters. The molecule has 0 aromatic heterocycles. The summed E-state index contributed by atoms with van der Waals surface area (Å²) in [5.41, 5.74) is 0. The maximum Gasteiger partial charge on any atom is 1.00 e. The monoisotopic (exact) mass is 327 g/mol. The molecule has 0 heterocycles. The average molecular weight is 327 g/mol. The van der Waals surface area contributed by atoms with Crippen molar-refractivity contribution in [3.8, 4) is 0 Å². The molecule has 0 aromatic rings. The summed E-state index contributed by atoms with van der Waals surface area (Å²) in [5.74, 6) is 0. The summed E-state index contributed by atoms with van der Waals surface area (Å²) < 4.78 is 0. The first-order valence-corrected chi connectivity index (χ1v) is 1.88. The first-order valence-electron chi connectivity index (χ1n) is 1.88. The summed E-state index contributed by atoms with van der Waals surface area (Å²) in [7, 11) is 2.49. The minimum Gasteiger partial charge on any atom is -0.693 e. The molecule has 0 aliphatic rings. The molecule has 0 spiro atoms. The predicted molar refractivity (Wildman–Crippen MR) is 37.9 cm³/mol. The summed E-state index contributed by atoms with van der Waals surface area (Å²) in [6.45, 7) is 0. The molecule has 13 heteroatoms. The van der Waals surface area contributed by atoms with E-state index >= 15 is 0 Å². The molecule has 0 saturated carbocycles. The van der Waals surface area contributed by atoms with Gasteiger partial charge in [0.2, 0.25) is 0 Å². The van der Waals surface area contributed by atoms with Crippen molar-refractivity contribution in [1.29, 1.82) is 5.41 Å². The molecule has 0 unspecified atom stereocenters. The van der Waals surface area contributed by atoms with Crippen molar-refractivity contribution in [2.24, 2.45) is 0 Å². The number of nitrogens with two attached hydrogens (primary N) is 1. The number of nitrogens with one attached hydrogen (secondary N) is 1. The van der Waals surface area contributed by atoms with Crippen molar-refractivity contribution < 1.29 is 109 Å². The molecule has 0 saturated heterocycles. The van der Waals surface area contributed by atoms with Crippen molar-refractivity contribution >= 4 is 6.40 Å². The Labute approximate surface area is 152 Å². The topological polar surface area (TPSA) is 193 Å². The SMILES string of the molecule is N=[C-]O.O=[N+]([O-])O.[CH2-]O[N+](=O)[O-].[K+].[NH2-].[Y].